The summed E-state index contributed by atoms with van der Waals surface area (Å²) in [4.78, 5) is 24.2. The number of rotatable bonds is 4. The maximum absolute atomic E-state index is 13.3. The Labute approximate surface area is 179 Å². The second-order valence-electron chi connectivity index (χ2n) is 7.87. The molecule has 0 bridgehead atoms. The van der Waals surface area contributed by atoms with Gasteiger partial charge in [0, 0.05) is 30.0 Å². The average Bonchev–Trinajstić information content (AvgIpc) is 3.27. The number of fused-ring (bicyclic) bond motifs is 1. The first kappa shape index (κ1) is 19.4. The van der Waals surface area contributed by atoms with Gasteiger partial charge in [-0.3, -0.25) is 4.79 Å². The number of aromatic nitrogens is 2. The number of oxazole rings is 1. The molecule has 0 N–H and O–H groups in total. The molecule has 0 aliphatic carbocycles. The topological polar surface area (TPSA) is 59.2 Å². The molecule has 5 rings (SSSR count). The molecule has 0 saturated carbocycles. The summed E-state index contributed by atoms with van der Waals surface area (Å²) < 4.78 is 19.1. The molecule has 2 aromatic heterocycles. The zero-order valence-electron chi connectivity index (χ0n) is 17.0. The van der Waals surface area contributed by atoms with Crippen molar-refractivity contribution in [1.82, 2.24) is 14.9 Å². The van der Waals surface area contributed by atoms with E-state index in [9.17, 15) is 9.18 Å². The van der Waals surface area contributed by atoms with Crippen LogP contribution in [0.15, 0.2) is 71.3 Å². The molecule has 0 spiro atoms. The van der Waals surface area contributed by atoms with Crippen molar-refractivity contribution in [3.8, 4) is 11.3 Å². The van der Waals surface area contributed by atoms with E-state index >= 15 is 0 Å². The maximum atomic E-state index is 13.3. The fraction of sp³-hybridized carbons (Fsp3) is 0.240. The summed E-state index contributed by atoms with van der Waals surface area (Å²) >= 11 is 0. The number of carbonyl (C=O) groups is 1. The molecular weight excluding hydrogens is 393 g/mol. The fourth-order valence-electron chi connectivity index (χ4n) is 4.17. The lowest BCUT2D eigenvalue weighted by atomic mass is 9.98. The number of hydrogen-bond donors (Lipinski definition) is 0. The molecule has 1 atom stereocenters. The van der Waals surface area contributed by atoms with E-state index in [1.807, 2.05) is 35.2 Å². The van der Waals surface area contributed by atoms with Crippen LogP contribution in [0.4, 0.5) is 4.39 Å². The quantitative estimate of drug-likeness (QED) is 0.456. The number of hydrogen-bond acceptors (Lipinski definition) is 4. The van der Waals surface area contributed by atoms with Gasteiger partial charge in [0.15, 0.2) is 11.7 Å². The van der Waals surface area contributed by atoms with E-state index in [1.54, 1.807) is 24.4 Å². The van der Waals surface area contributed by atoms with E-state index < -0.39 is 0 Å². The summed E-state index contributed by atoms with van der Waals surface area (Å²) in [5.74, 6) is 0.832. The van der Waals surface area contributed by atoms with Crippen molar-refractivity contribution in [3.05, 3.63) is 84.3 Å². The van der Waals surface area contributed by atoms with Crippen LogP contribution in [0.25, 0.3) is 22.2 Å². The van der Waals surface area contributed by atoms with E-state index in [1.165, 1.54) is 12.1 Å². The fourth-order valence-corrected chi connectivity index (χ4v) is 4.17. The third-order valence-electron chi connectivity index (χ3n) is 5.80. The summed E-state index contributed by atoms with van der Waals surface area (Å²) in [5.41, 5.74) is 2.06. The molecule has 6 heteroatoms. The number of para-hydroxylation sites is 1. The Kier molecular flexibility index (Phi) is 5.20. The van der Waals surface area contributed by atoms with Gasteiger partial charge >= 0.3 is 0 Å². The van der Waals surface area contributed by atoms with Gasteiger partial charge in [-0.25, -0.2) is 14.4 Å². The molecular formula is C25H22FN3O2. The number of carbonyl (C=O) groups excluding carboxylic acids is 1. The van der Waals surface area contributed by atoms with E-state index in [4.69, 9.17) is 4.42 Å². The smallest absolute Gasteiger partial charge is 0.272 e. The Morgan fingerprint density at radius 2 is 1.90 bits per heavy atom. The summed E-state index contributed by atoms with van der Waals surface area (Å²) in [6, 6.07) is 17.7. The number of halogens is 1. The van der Waals surface area contributed by atoms with E-state index in [-0.39, 0.29) is 17.8 Å². The number of likely N-dealkylation sites (tertiary alicyclic amines) is 1. The molecule has 31 heavy (non-hydrogen) atoms. The molecule has 4 aromatic rings. The van der Waals surface area contributed by atoms with Gasteiger partial charge in [0.25, 0.3) is 5.91 Å². The third-order valence-corrected chi connectivity index (χ3v) is 5.80. The first-order valence-electron chi connectivity index (χ1n) is 10.5. The Balaban J connectivity index is 1.35. The SMILES string of the molecule is O=C(c1ccc2ccccc2n1)N1CCCCC1Cc1ncc(-c2ccc(F)cc2)o1. The first-order valence-corrected chi connectivity index (χ1v) is 10.5. The van der Waals surface area contributed by atoms with Crippen LogP contribution in [-0.2, 0) is 6.42 Å². The van der Waals surface area contributed by atoms with Crippen LogP contribution in [0, 0.1) is 5.82 Å². The zero-order valence-corrected chi connectivity index (χ0v) is 17.0. The lowest BCUT2D eigenvalue weighted by molar-refractivity contribution is 0.0600. The molecule has 1 aliphatic rings. The number of piperidine rings is 1. The summed E-state index contributed by atoms with van der Waals surface area (Å²) in [5, 5.41) is 1.02. The van der Waals surface area contributed by atoms with Gasteiger partial charge in [0.05, 0.1) is 11.7 Å². The van der Waals surface area contributed by atoms with Crippen molar-refractivity contribution >= 4 is 16.8 Å². The minimum Gasteiger partial charge on any atom is -0.441 e. The van der Waals surface area contributed by atoms with Crippen LogP contribution in [0.1, 0.15) is 35.6 Å². The highest BCUT2D eigenvalue weighted by Crippen LogP contribution is 2.26. The van der Waals surface area contributed by atoms with E-state index in [2.05, 4.69) is 9.97 Å². The standard InChI is InChI=1S/C25H22FN3O2/c26-19-11-8-18(9-12-19)23-16-27-24(31-23)15-20-6-3-4-14-29(20)25(30)22-13-10-17-5-1-2-7-21(17)28-22/h1-2,5,7-13,16,20H,3-4,6,14-15H2. The molecule has 1 unspecified atom stereocenters. The third kappa shape index (κ3) is 4.06. The number of amides is 1. The molecule has 1 saturated heterocycles. The monoisotopic (exact) mass is 415 g/mol. The number of pyridine rings is 1. The first-order chi connectivity index (χ1) is 15.2. The Morgan fingerprint density at radius 3 is 2.77 bits per heavy atom. The summed E-state index contributed by atoms with van der Waals surface area (Å²) in [7, 11) is 0. The predicted octanol–water partition coefficient (Wildman–Crippen LogP) is 5.27. The number of nitrogens with zero attached hydrogens (tertiary/aromatic N) is 3. The van der Waals surface area contributed by atoms with Crippen molar-refractivity contribution < 1.29 is 13.6 Å². The minimum atomic E-state index is -0.290. The summed E-state index contributed by atoms with van der Waals surface area (Å²) in [6.45, 7) is 0.698. The zero-order chi connectivity index (χ0) is 21.2. The predicted molar refractivity (Wildman–Crippen MR) is 116 cm³/mol. The van der Waals surface area contributed by atoms with Gasteiger partial charge in [-0.1, -0.05) is 24.3 Å². The molecule has 3 heterocycles. The van der Waals surface area contributed by atoms with Crippen LogP contribution in [0.5, 0.6) is 0 Å². The number of benzene rings is 2. The normalized spacial score (nSPS) is 16.5. The van der Waals surface area contributed by atoms with Gasteiger partial charge in [-0.05, 0) is 55.7 Å². The average molecular weight is 415 g/mol. The minimum absolute atomic E-state index is 0.00855. The molecule has 2 aromatic carbocycles. The van der Waals surface area contributed by atoms with Crippen LogP contribution in [0.2, 0.25) is 0 Å². The molecule has 1 amide bonds. The van der Waals surface area contributed by atoms with Gasteiger partial charge in [-0.15, -0.1) is 0 Å². The van der Waals surface area contributed by atoms with Crippen LogP contribution < -0.4 is 0 Å². The Bertz CT molecular complexity index is 1220. The van der Waals surface area contributed by atoms with Crippen LogP contribution in [0.3, 0.4) is 0 Å². The highest BCUT2D eigenvalue weighted by atomic mass is 19.1. The van der Waals surface area contributed by atoms with Crippen LogP contribution >= 0.6 is 0 Å². The van der Waals surface area contributed by atoms with Gasteiger partial charge in [-0.2, -0.15) is 0 Å². The molecule has 0 radical (unpaired) electrons. The van der Waals surface area contributed by atoms with Crippen LogP contribution in [-0.4, -0.2) is 33.4 Å². The van der Waals surface area contributed by atoms with Gasteiger partial charge in [0.1, 0.15) is 11.5 Å². The van der Waals surface area contributed by atoms with Crippen molar-refractivity contribution in [3.63, 3.8) is 0 Å². The second-order valence-corrected chi connectivity index (χ2v) is 7.87. The second kappa shape index (κ2) is 8.30. The Morgan fingerprint density at radius 1 is 1.06 bits per heavy atom. The maximum Gasteiger partial charge on any atom is 0.272 e. The van der Waals surface area contributed by atoms with Crippen molar-refractivity contribution in [2.45, 2.75) is 31.7 Å². The molecule has 1 aliphatic heterocycles. The molecule has 5 nitrogen and oxygen atoms in total. The largest absolute Gasteiger partial charge is 0.441 e. The lowest BCUT2D eigenvalue weighted by Crippen LogP contribution is -2.45. The van der Waals surface area contributed by atoms with E-state index in [0.29, 0.717) is 30.3 Å². The highest BCUT2D eigenvalue weighted by Gasteiger charge is 2.29. The lowest BCUT2D eigenvalue weighted by Gasteiger charge is -2.35. The van der Waals surface area contributed by atoms with Gasteiger partial charge < -0.3 is 9.32 Å². The van der Waals surface area contributed by atoms with Crippen molar-refractivity contribution in [2.24, 2.45) is 0 Å². The van der Waals surface area contributed by atoms with E-state index in [0.717, 1.165) is 35.7 Å². The van der Waals surface area contributed by atoms with Gasteiger partial charge in [0.2, 0.25) is 0 Å². The van der Waals surface area contributed by atoms with Crippen molar-refractivity contribution in [1.29, 1.82) is 0 Å². The van der Waals surface area contributed by atoms with Crippen molar-refractivity contribution in [2.75, 3.05) is 6.54 Å². The highest BCUT2D eigenvalue weighted by molar-refractivity contribution is 5.95. The molecule has 156 valence electrons. The Hall–Kier alpha value is -3.54. The molecule has 1 fully saturated rings. The summed E-state index contributed by atoms with van der Waals surface area (Å²) in [6.07, 6.45) is 5.13.